The summed E-state index contributed by atoms with van der Waals surface area (Å²) in [6.45, 7) is 1.78. The van der Waals surface area contributed by atoms with Gasteiger partial charge in [-0.25, -0.2) is 4.79 Å². The van der Waals surface area contributed by atoms with Gasteiger partial charge in [0.2, 0.25) is 0 Å². The highest BCUT2D eigenvalue weighted by molar-refractivity contribution is 7.98. The summed E-state index contributed by atoms with van der Waals surface area (Å²) in [7, 11) is 1.39. The molecular weight excluding hydrogens is 210 g/mol. The van der Waals surface area contributed by atoms with Gasteiger partial charge in [-0.05, 0) is 31.4 Å². The molecule has 0 aliphatic carbocycles. The molecule has 1 aromatic rings. The molecule has 1 rings (SSSR count). The van der Waals surface area contributed by atoms with E-state index in [1.54, 1.807) is 18.7 Å². The average Bonchev–Trinajstić information content (AvgIpc) is 2.28. The van der Waals surface area contributed by atoms with E-state index in [1.165, 1.54) is 7.11 Å². The molecule has 1 aromatic carbocycles. The van der Waals surface area contributed by atoms with Gasteiger partial charge in [-0.1, -0.05) is 6.07 Å². The summed E-state index contributed by atoms with van der Waals surface area (Å²) in [5, 5.41) is 3.08. The van der Waals surface area contributed by atoms with E-state index in [-0.39, 0.29) is 12.0 Å². The molecule has 1 atom stereocenters. The summed E-state index contributed by atoms with van der Waals surface area (Å²) in [5.41, 5.74) is 0.930. The summed E-state index contributed by atoms with van der Waals surface area (Å²) in [4.78, 5) is 12.3. The first-order valence-electron chi connectivity index (χ1n) is 4.65. The van der Waals surface area contributed by atoms with Crippen LogP contribution in [0.4, 0.5) is 5.69 Å². The SMILES string of the molecule is COC(=O)C(C)Nc1cccc(SC)c1. The molecule has 1 N–H and O–H groups in total. The lowest BCUT2D eigenvalue weighted by Crippen LogP contribution is -2.27. The van der Waals surface area contributed by atoms with Gasteiger partial charge < -0.3 is 10.1 Å². The molecule has 0 saturated carbocycles. The van der Waals surface area contributed by atoms with Crippen molar-refractivity contribution >= 4 is 23.4 Å². The molecule has 4 heteroatoms. The molecule has 3 nitrogen and oxygen atoms in total. The molecule has 0 saturated heterocycles. The number of esters is 1. The van der Waals surface area contributed by atoms with Crippen molar-refractivity contribution in [3.63, 3.8) is 0 Å². The van der Waals surface area contributed by atoms with Gasteiger partial charge in [0.05, 0.1) is 7.11 Å². The average molecular weight is 225 g/mol. The van der Waals surface area contributed by atoms with Crippen molar-refractivity contribution in [2.24, 2.45) is 0 Å². The Morgan fingerprint density at radius 2 is 2.27 bits per heavy atom. The van der Waals surface area contributed by atoms with Crippen LogP contribution in [-0.4, -0.2) is 25.4 Å². The third-order valence-corrected chi connectivity index (χ3v) is 2.73. The Labute approximate surface area is 94.2 Å². The highest BCUT2D eigenvalue weighted by atomic mass is 32.2. The topological polar surface area (TPSA) is 38.3 Å². The van der Waals surface area contributed by atoms with Gasteiger partial charge in [0.25, 0.3) is 0 Å². The number of hydrogen-bond donors (Lipinski definition) is 1. The van der Waals surface area contributed by atoms with Crippen LogP contribution >= 0.6 is 11.8 Å². The third kappa shape index (κ3) is 3.47. The van der Waals surface area contributed by atoms with Gasteiger partial charge in [0.1, 0.15) is 6.04 Å². The fraction of sp³-hybridized carbons (Fsp3) is 0.364. The van der Waals surface area contributed by atoms with Crippen molar-refractivity contribution in [2.75, 3.05) is 18.7 Å². The summed E-state index contributed by atoms with van der Waals surface area (Å²) in [6, 6.07) is 7.59. The predicted octanol–water partition coefficient (Wildman–Crippen LogP) is 2.38. The van der Waals surface area contributed by atoms with Crippen molar-refractivity contribution < 1.29 is 9.53 Å². The van der Waals surface area contributed by atoms with Crippen molar-refractivity contribution in [3.8, 4) is 0 Å². The number of nitrogens with one attached hydrogen (secondary N) is 1. The lowest BCUT2D eigenvalue weighted by Gasteiger charge is -2.13. The number of hydrogen-bond acceptors (Lipinski definition) is 4. The second kappa shape index (κ2) is 5.66. The first-order chi connectivity index (χ1) is 7.17. The van der Waals surface area contributed by atoms with Gasteiger partial charge in [0.15, 0.2) is 0 Å². The highest BCUT2D eigenvalue weighted by Gasteiger charge is 2.12. The standard InChI is InChI=1S/C11H15NO2S/c1-8(11(13)14-2)12-9-5-4-6-10(7-9)15-3/h4-8,12H,1-3H3. The predicted molar refractivity (Wildman–Crippen MR) is 63.3 cm³/mol. The van der Waals surface area contributed by atoms with E-state index >= 15 is 0 Å². The maximum Gasteiger partial charge on any atom is 0.327 e. The van der Waals surface area contributed by atoms with Gasteiger partial charge in [-0.15, -0.1) is 11.8 Å². The van der Waals surface area contributed by atoms with Crippen molar-refractivity contribution in [2.45, 2.75) is 17.9 Å². The molecular formula is C11H15NO2S. The quantitative estimate of drug-likeness (QED) is 0.630. The zero-order valence-electron chi connectivity index (χ0n) is 9.11. The van der Waals surface area contributed by atoms with Gasteiger partial charge >= 0.3 is 5.97 Å². The zero-order valence-corrected chi connectivity index (χ0v) is 9.93. The van der Waals surface area contributed by atoms with E-state index in [0.717, 1.165) is 10.6 Å². The molecule has 0 radical (unpaired) electrons. The Kier molecular flexibility index (Phi) is 4.49. The summed E-state index contributed by atoms with van der Waals surface area (Å²) >= 11 is 1.67. The molecule has 0 bridgehead atoms. The minimum Gasteiger partial charge on any atom is -0.467 e. The smallest absolute Gasteiger partial charge is 0.327 e. The number of carbonyl (C=O) groups is 1. The molecule has 0 spiro atoms. The number of ether oxygens (including phenoxy) is 1. The Balaban J connectivity index is 2.67. The van der Waals surface area contributed by atoms with E-state index in [4.69, 9.17) is 0 Å². The maximum atomic E-state index is 11.2. The van der Waals surface area contributed by atoms with Gasteiger partial charge in [-0.2, -0.15) is 0 Å². The van der Waals surface area contributed by atoms with Gasteiger partial charge in [-0.3, -0.25) is 0 Å². The van der Waals surface area contributed by atoms with E-state index in [0.29, 0.717) is 0 Å². The second-order valence-corrected chi connectivity index (χ2v) is 4.00. The number of anilines is 1. The summed E-state index contributed by atoms with van der Waals surface area (Å²) in [6.07, 6.45) is 2.02. The van der Waals surface area contributed by atoms with Crippen molar-refractivity contribution in [1.29, 1.82) is 0 Å². The van der Waals surface area contributed by atoms with Crippen LogP contribution in [0.5, 0.6) is 0 Å². The number of benzene rings is 1. The molecule has 0 aliphatic rings. The van der Waals surface area contributed by atoms with Crippen LogP contribution in [0.2, 0.25) is 0 Å². The molecule has 0 fully saturated rings. The van der Waals surface area contributed by atoms with E-state index in [9.17, 15) is 4.79 Å². The fourth-order valence-corrected chi connectivity index (χ4v) is 1.66. The Morgan fingerprint density at radius 1 is 1.53 bits per heavy atom. The van der Waals surface area contributed by atoms with Crippen LogP contribution in [0.15, 0.2) is 29.2 Å². The molecule has 82 valence electrons. The first kappa shape index (κ1) is 11.9. The van der Waals surface area contributed by atoms with E-state index in [1.807, 2.05) is 30.5 Å². The fourth-order valence-electron chi connectivity index (χ4n) is 1.20. The minimum atomic E-state index is -0.327. The van der Waals surface area contributed by atoms with Crippen LogP contribution < -0.4 is 5.32 Å². The molecule has 0 aromatic heterocycles. The van der Waals surface area contributed by atoms with Crippen LogP contribution in [0.25, 0.3) is 0 Å². The monoisotopic (exact) mass is 225 g/mol. The first-order valence-corrected chi connectivity index (χ1v) is 5.88. The number of rotatable bonds is 4. The molecule has 0 aliphatic heterocycles. The lowest BCUT2D eigenvalue weighted by molar-refractivity contribution is -0.141. The van der Waals surface area contributed by atoms with Crippen LogP contribution in [0, 0.1) is 0 Å². The van der Waals surface area contributed by atoms with Crippen molar-refractivity contribution in [3.05, 3.63) is 24.3 Å². The molecule has 1 unspecified atom stereocenters. The molecule has 0 amide bonds. The van der Waals surface area contributed by atoms with Crippen molar-refractivity contribution in [1.82, 2.24) is 0 Å². The van der Waals surface area contributed by atoms with E-state index in [2.05, 4.69) is 10.1 Å². The number of thioether (sulfide) groups is 1. The lowest BCUT2D eigenvalue weighted by atomic mass is 10.2. The highest BCUT2D eigenvalue weighted by Crippen LogP contribution is 2.19. The summed E-state index contributed by atoms with van der Waals surface area (Å²) in [5.74, 6) is -0.260. The molecule has 15 heavy (non-hydrogen) atoms. The zero-order chi connectivity index (χ0) is 11.3. The third-order valence-electron chi connectivity index (χ3n) is 2.01. The van der Waals surface area contributed by atoms with Crippen LogP contribution in [0.1, 0.15) is 6.92 Å². The number of carbonyl (C=O) groups excluding carboxylic acids is 1. The van der Waals surface area contributed by atoms with Crippen LogP contribution in [0.3, 0.4) is 0 Å². The minimum absolute atomic E-state index is 0.260. The maximum absolute atomic E-state index is 11.2. The van der Waals surface area contributed by atoms with Gasteiger partial charge in [0, 0.05) is 10.6 Å². The Morgan fingerprint density at radius 3 is 2.87 bits per heavy atom. The van der Waals surface area contributed by atoms with E-state index < -0.39 is 0 Å². The second-order valence-electron chi connectivity index (χ2n) is 3.12. The number of methoxy groups -OCH3 is 1. The van der Waals surface area contributed by atoms with Crippen LogP contribution in [-0.2, 0) is 9.53 Å². The summed E-state index contributed by atoms with van der Waals surface area (Å²) < 4.78 is 4.63. The Hall–Kier alpha value is -1.16. The molecule has 0 heterocycles. The largest absolute Gasteiger partial charge is 0.467 e. The Bertz CT molecular complexity index is 341. The normalized spacial score (nSPS) is 11.9.